The van der Waals surface area contributed by atoms with Crippen molar-refractivity contribution in [2.45, 2.75) is 25.8 Å². The van der Waals surface area contributed by atoms with E-state index in [4.69, 9.17) is 9.47 Å². The quantitative estimate of drug-likeness (QED) is 0.750. The minimum Gasteiger partial charge on any atom is -0.493 e. The van der Waals surface area contributed by atoms with Crippen LogP contribution in [0.2, 0.25) is 0 Å². The molecule has 27 heavy (non-hydrogen) atoms. The van der Waals surface area contributed by atoms with E-state index in [0.717, 1.165) is 18.7 Å². The van der Waals surface area contributed by atoms with Crippen molar-refractivity contribution in [2.75, 3.05) is 39.3 Å². The summed E-state index contributed by atoms with van der Waals surface area (Å²) < 4.78 is 10.6. The fraction of sp³-hybridized carbons (Fsp3) is 0.409. The topological polar surface area (TPSA) is 42.0 Å². The molecule has 144 valence electrons. The minimum atomic E-state index is 0.0819. The summed E-state index contributed by atoms with van der Waals surface area (Å²) in [6.45, 7) is 2.80. The van der Waals surface area contributed by atoms with Crippen molar-refractivity contribution in [1.29, 1.82) is 0 Å². The molecule has 2 aromatic rings. The van der Waals surface area contributed by atoms with Crippen LogP contribution in [-0.4, -0.2) is 45.2 Å². The van der Waals surface area contributed by atoms with Gasteiger partial charge in [0.1, 0.15) is 0 Å². The number of ether oxygens (including phenoxy) is 2. The molecule has 1 amide bonds. The number of carbonyl (C=O) groups excluding carboxylic acids is 1. The summed E-state index contributed by atoms with van der Waals surface area (Å²) in [6, 6.07) is 14.0. The van der Waals surface area contributed by atoms with E-state index in [1.54, 1.807) is 19.1 Å². The third-order valence-corrected chi connectivity index (χ3v) is 5.07. The maximum absolute atomic E-state index is 12.7. The molecule has 5 nitrogen and oxygen atoms in total. The van der Waals surface area contributed by atoms with E-state index in [9.17, 15) is 4.79 Å². The molecule has 1 saturated heterocycles. The van der Waals surface area contributed by atoms with Gasteiger partial charge in [0, 0.05) is 32.4 Å². The second-order valence-corrected chi connectivity index (χ2v) is 6.94. The van der Waals surface area contributed by atoms with Crippen LogP contribution in [0.25, 0.3) is 0 Å². The SMILES string of the molecule is COc1ccc(CC(=O)N(C)Cc2ccccc2N2CCCC2)cc1OC. The second-order valence-electron chi connectivity index (χ2n) is 6.94. The highest BCUT2D eigenvalue weighted by molar-refractivity contribution is 5.79. The maximum atomic E-state index is 12.7. The van der Waals surface area contributed by atoms with Gasteiger partial charge < -0.3 is 19.3 Å². The highest BCUT2D eigenvalue weighted by Gasteiger charge is 2.18. The van der Waals surface area contributed by atoms with Gasteiger partial charge in [0.15, 0.2) is 11.5 Å². The number of para-hydroxylation sites is 1. The zero-order valence-corrected chi connectivity index (χ0v) is 16.4. The van der Waals surface area contributed by atoms with Gasteiger partial charge in [-0.1, -0.05) is 24.3 Å². The molecule has 0 unspecified atom stereocenters. The third kappa shape index (κ3) is 4.54. The van der Waals surface area contributed by atoms with E-state index in [0.29, 0.717) is 24.5 Å². The molecule has 3 rings (SSSR count). The van der Waals surface area contributed by atoms with E-state index in [1.807, 2.05) is 31.3 Å². The average molecular weight is 368 g/mol. The smallest absolute Gasteiger partial charge is 0.227 e. The van der Waals surface area contributed by atoms with Crippen LogP contribution in [0.15, 0.2) is 42.5 Å². The van der Waals surface area contributed by atoms with Crippen LogP contribution >= 0.6 is 0 Å². The van der Waals surface area contributed by atoms with Gasteiger partial charge in [-0.15, -0.1) is 0 Å². The normalized spacial score (nSPS) is 13.5. The summed E-state index contributed by atoms with van der Waals surface area (Å²) in [4.78, 5) is 17.0. The highest BCUT2D eigenvalue weighted by atomic mass is 16.5. The molecule has 0 spiro atoms. The van der Waals surface area contributed by atoms with Gasteiger partial charge >= 0.3 is 0 Å². The minimum absolute atomic E-state index is 0.0819. The fourth-order valence-electron chi connectivity index (χ4n) is 3.55. The van der Waals surface area contributed by atoms with Crippen LogP contribution in [0.3, 0.4) is 0 Å². The van der Waals surface area contributed by atoms with Crippen LogP contribution in [-0.2, 0) is 17.8 Å². The average Bonchev–Trinajstić information content (AvgIpc) is 3.22. The zero-order valence-electron chi connectivity index (χ0n) is 16.4. The molecule has 1 aliphatic rings. The fourth-order valence-corrected chi connectivity index (χ4v) is 3.55. The number of carbonyl (C=O) groups is 1. The Bertz CT molecular complexity index is 785. The molecule has 2 aromatic carbocycles. The molecule has 0 aromatic heterocycles. The number of amides is 1. The molecule has 1 heterocycles. The molecule has 5 heteroatoms. The molecule has 0 radical (unpaired) electrons. The Morgan fingerprint density at radius 1 is 1.04 bits per heavy atom. The Kier molecular flexibility index (Phi) is 6.22. The first-order chi connectivity index (χ1) is 13.1. The number of hydrogen-bond donors (Lipinski definition) is 0. The number of hydrogen-bond acceptors (Lipinski definition) is 4. The first-order valence-corrected chi connectivity index (χ1v) is 9.40. The van der Waals surface area contributed by atoms with Crippen molar-refractivity contribution in [1.82, 2.24) is 4.90 Å². The molecule has 1 fully saturated rings. The lowest BCUT2D eigenvalue weighted by Crippen LogP contribution is -2.29. The van der Waals surface area contributed by atoms with Gasteiger partial charge in [0.05, 0.1) is 20.6 Å². The van der Waals surface area contributed by atoms with Crippen LogP contribution in [0.4, 0.5) is 5.69 Å². The Morgan fingerprint density at radius 3 is 2.44 bits per heavy atom. The maximum Gasteiger partial charge on any atom is 0.227 e. The molecular formula is C22H28N2O3. The van der Waals surface area contributed by atoms with Crippen molar-refractivity contribution >= 4 is 11.6 Å². The summed E-state index contributed by atoms with van der Waals surface area (Å²) in [5, 5.41) is 0. The largest absolute Gasteiger partial charge is 0.493 e. The lowest BCUT2D eigenvalue weighted by molar-refractivity contribution is -0.129. The number of rotatable bonds is 7. The van der Waals surface area contributed by atoms with Crippen LogP contribution < -0.4 is 14.4 Å². The van der Waals surface area contributed by atoms with Gasteiger partial charge in [-0.05, 0) is 42.2 Å². The molecule has 1 aliphatic heterocycles. The number of methoxy groups -OCH3 is 2. The first kappa shape index (κ1) is 19.1. The van der Waals surface area contributed by atoms with E-state index >= 15 is 0 Å². The van der Waals surface area contributed by atoms with Crippen molar-refractivity contribution in [3.05, 3.63) is 53.6 Å². The van der Waals surface area contributed by atoms with Crippen molar-refractivity contribution in [2.24, 2.45) is 0 Å². The number of nitrogens with zero attached hydrogens (tertiary/aromatic N) is 2. The van der Waals surface area contributed by atoms with E-state index in [-0.39, 0.29) is 5.91 Å². The first-order valence-electron chi connectivity index (χ1n) is 9.40. The van der Waals surface area contributed by atoms with Gasteiger partial charge in [-0.25, -0.2) is 0 Å². The molecule has 0 saturated carbocycles. The Hall–Kier alpha value is -2.69. The van der Waals surface area contributed by atoms with Gasteiger partial charge in [0.25, 0.3) is 0 Å². The summed E-state index contributed by atoms with van der Waals surface area (Å²) in [5.41, 5.74) is 3.36. The number of benzene rings is 2. The molecule has 0 aliphatic carbocycles. The van der Waals surface area contributed by atoms with Gasteiger partial charge in [-0.3, -0.25) is 4.79 Å². The number of anilines is 1. The number of likely N-dealkylation sites (N-methyl/N-ethyl adjacent to an activating group) is 1. The van der Waals surface area contributed by atoms with Crippen molar-refractivity contribution in [3.63, 3.8) is 0 Å². The Labute approximate surface area is 161 Å². The summed E-state index contributed by atoms with van der Waals surface area (Å²) in [7, 11) is 5.07. The summed E-state index contributed by atoms with van der Waals surface area (Å²) >= 11 is 0. The Balaban J connectivity index is 1.68. The third-order valence-electron chi connectivity index (χ3n) is 5.07. The van der Waals surface area contributed by atoms with Crippen LogP contribution in [0.1, 0.15) is 24.0 Å². The second kappa shape index (κ2) is 8.80. The molecule has 0 atom stereocenters. The van der Waals surface area contributed by atoms with Crippen molar-refractivity contribution < 1.29 is 14.3 Å². The predicted octanol–water partition coefficient (Wildman–Crippen LogP) is 3.51. The molecular weight excluding hydrogens is 340 g/mol. The monoisotopic (exact) mass is 368 g/mol. The highest BCUT2D eigenvalue weighted by Crippen LogP contribution is 2.28. The van der Waals surface area contributed by atoms with E-state index in [1.165, 1.54) is 24.1 Å². The standard InChI is InChI=1S/C22H28N2O3/c1-23(16-18-8-4-5-9-19(18)24-12-6-7-13-24)22(25)15-17-10-11-20(26-2)21(14-17)27-3/h4-5,8-11,14H,6-7,12-13,15-16H2,1-3H3. The zero-order chi connectivity index (χ0) is 19.2. The van der Waals surface area contributed by atoms with Crippen LogP contribution in [0, 0.1) is 0 Å². The lowest BCUT2D eigenvalue weighted by atomic mass is 10.1. The lowest BCUT2D eigenvalue weighted by Gasteiger charge is -2.24. The summed E-state index contributed by atoms with van der Waals surface area (Å²) in [5.74, 6) is 1.39. The summed E-state index contributed by atoms with van der Waals surface area (Å²) in [6.07, 6.45) is 2.81. The molecule has 0 N–H and O–H groups in total. The molecule has 0 bridgehead atoms. The Morgan fingerprint density at radius 2 is 1.74 bits per heavy atom. The van der Waals surface area contributed by atoms with Gasteiger partial charge in [0.2, 0.25) is 5.91 Å². The van der Waals surface area contributed by atoms with E-state index < -0.39 is 0 Å². The van der Waals surface area contributed by atoms with Gasteiger partial charge in [-0.2, -0.15) is 0 Å². The van der Waals surface area contributed by atoms with E-state index in [2.05, 4.69) is 23.1 Å². The predicted molar refractivity (Wildman–Crippen MR) is 108 cm³/mol. The van der Waals surface area contributed by atoms with Crippen LogP contribution in [0.5, 0.6) is 11.5 Å². The van der Waals surface area contributed by atoms with Crippen molar-refractivity contribution in [3.8, 4) is 11.5 Å².